The summed E-state index contributed by atoms with van der Waals surface area (Å²) in [6, 6.07) is 15.7. The third kappa shape index (κ3) is 5.11. The fraction of sp³-hybridized carbons (Fsp3) is 0.320. The van der Waals surface area contributed by atoms with E-state index in [0.717, 1.165) is 41.8 Å². The highest BCUT2D eigenvalue weighted by Crippen LogP contribution is 2.37. The van der Waals surface area contributed by atoms with Gasteiger partial charge < -0.3 is 19.5 Å². The van der Waals surface area contributed by atoms with E-state index < -0.39 is 0 Å². The quantitative estimate of drug-likeness (QED) is 0.328. The van der Waals surface area contributed by atoms with Crippen molar-refractivity contribution >= 4 is 34.5 Å². The minimum Gasteiger partial charge on any atom is -0.385 e. The van der Waals surface area contributed by atoms with Crippen molar-refractivity contribution in [1.29, 1.82) is 0 Å². The van der Waals surface area contributed by atoms with Crippen LogP contribution in [0.15, 0.2) is 58.8 Å². The molecule has 4 rings (SSSR count). The van der Waals surface area contributed by atoms with Gasteiger partial charge in [-0.25, -0.2) is 0 Å². The van der Waals surface area contributed by atoms with E-state index in [2.05, 4.69) is 34.4 Å². The Morgan fingerprint density at radius 3 is 2.55 bits per heavy atom. The standard InChI is InChI=1S/C25H27ClN4O2S/c1-4-17-6-8-19(9-7-17)23-28-24(32-29-23)21-16(2)30(14-5-15-31-3)25(33)27-22(21)18-10-12-20(26)13-11-18/h6-13,22H,4-5,14-15H2,1-3H3,(H,27,33). The van der Waals surface area contributed by atoms with Crippen molar-refractivity contribution in [2.24, 2.45) is 0 Å². The van der Waals surface area contributed by atoms with Gasteiger partial charge in [-0.2, -0.15) is 4.98 Å². The molecule has 3 aromatic rings. The molecular formula is C25H27ClN4O2S. The molecule has 0 aliphatic carbocycles. The highest BCUT2D eigenvalue weighted by atomic mass is 35.5. The Hall–Kier alpha value is -2.74. The molecule has 0 saturated carbocycles. The van der Waals surface area contributed by atoms with Crippen LogP contribution in [0.2, 0.25) is 5.02 Å². The number of aromatic nitrogens is 2. The van der Waals surface area contributed by atoms with Crippen LogP contribution in [-0.2, 0) is 11.2 Å². The van der Waals surface area contributed by atoms with E-state index in [0.29, 0.717) is 28.5 Å². The topological polar surface area (TPSA) is 63.4 Å². The van der Waals surface area contributed by atoms with Gasteiger partial charge in [-0.3, -0.25) is 0 Å². The first kappa shape index (κ1) is 23.4. The molecule has 1 atom stereocenters. The fourth-order valence-electron chi connectivity index (χ4n) is 3.94. The van der Waals surface area contributed by atoms with Crippen molar-refractivity contribution in [3.8, 4) is 11.4 Å². The van der Waals surface area contributed by atoms with E-state index >= 15 is 0 Å². The van der Waals surface area contributed by atoms with E-state index in [4.69, 9.17) is 38.1 Å². The Balaban J connectivity index is 1.74. The molecule has 1 unspecified atom stereocenters. The van der Waals surface area contributed by atoms with Gasteiger partial charge >= 0.3 is 0 Å². The van der Waals surface area contributed by atoms with Gasteiger partial charge in [0.1, 0.15) is 0 Å². The van der Waals surface area contributed by atoms with Crippen molar-refractivity contribution in [2.75, 3.05) is 20.3 Å². The number of hydrogen-bond acceptors (Lipinski definition) is 5. The highest BCUT2D eigenvalue weighted by Gasteiger charge is 2.33. The normalized spacial score (nSPS) is 16.3. The van der Waals surface area contributed by atoms with E-state index in [1.807, 2.05) is 43.3 Å². The number of thiocarbonyl (C=S) groups is 1. The number of methoxy groups -OCH3 is 1. The Labute approximate surface area is 204 Å². The highest BCUT2D eigenvalue weighted by molar-refractivity contribution is 7.80. The molecule has 2 heterocycles. The van der Waals surface area contributed by atoms with Gasteiger partial charge in [0, 0.05) is 36.5 Å². The van der Waals surface area contributed by atoms with Crippen LogP contribution in [0.3, 0.4) is 0 Å². The van der Waals surface area contributed by atoms with Crippen molar-refractivity contribution in [2.45, 2.75) is 32.7 Å². The van der Waals surface area contributed by atoms with Gasteiger partial charge in [0.2, 0.25) is 5.82 Å². The molecule has 33 heavy (non-hydrogen) atoms. The molecule has 6 nitrogen and oxygen atoms in total. The van der Waals surface area contributed by atoms with Gasteiger partial charge in [0.05, 0.1) is 11.6 Å². The number of benzene rings is 2. The molecule has 0 radical (unpaired) electrons. The Kier molecular flexibility index (Phi) is 7.42. The number of rotatable bonds is 8. The van der Waals surface area contributed by atoms with Crippen LogP contribution < -0.4 is 5.32 Å². The third-order valence-corrected chi connectivity index (χ3v) is 6.40. The first-order valence-electron chi connectivity index (χ1n) is 11.0. The maximum Gasteiger partial charge on any atom is 0.258 e. The lowest BCUT2D eigenvalue weighted by atomic mass is 9.95. The van der Waals surface area contributed by atoms with Crippen LogP contribution in [-0.4, -0.2) is 40.4 Å². The van der Waals surface area contributed by atoms with Crippen LogP contribution in [0, 0.1) is 0 Å². The summed E-state index contributed by atoms with van der Waals surface area (Å²) in [5.41, 5.74) is 5.07. The molecule has 0 spiro atoms. The van der Waals surface area contributed by atoms with Crippen molar-refractivity contribution in [3.63, 3.8) is 0 Å². The predicted octanol–water partition coefficient (Wildman–Crippen LogP) is 5.65. The van der Waals surface area contributed by atoms with Crippen LogP contribution >= 0.6 is 23.8 Å². The number of nitrogens with one attached hydrogen (secondary N) is 1. The minimum atomic E-state index is -0.232. The van der Waals surface area contributed by atoms with Gasteiger partial charge in [0.25, 0.3) is 5.89 Å². The van der Waals surface area contributed by atoms with Gasteiger partial charge in [-0.05, 0) is 55.2 Å². The van der Waals surface area contributed by atoms with E-state index in [1.165, 1.54) is 5.56 Å². The molecule has 0 amide bonds. The van der Waals surface area contributed by atoms with Crippen molar-refractivity contribution in [1.82, 2.24) is 20.4 Å². The number of nitrogens with zero attached hydrogens (tertiary/aromatic N) is 3. The van der Waals surface area contributed by atoms with Gasteiger partial charge in [0.15, 0.2) is 5.11 Å². The molecule has 1 aliphatic rings. The van der Waals surface area contributed by atoms with Crippen molar-refractivity contribution in [3.05, 3.63) is 76.3 Å². The van der Waals surface area contributed by atoms with Crippen LogP contribution in [0.5, 0.6) is 0 Å². The second-order valence-corrected chi connectivity index (χ2v) is 8.73. The molecular weight excluding hydrogens is 456 g/mol. The zero-order valence-corrected chi connectivity index (χ0v) is 20.5. The Morgan fingerprint density at radius 1 is 1.15 bits per heavy atom. The molecule has 0 saturated heterocycles. The summed E-state index contributed by atoms with van der Waals surface area (Å²) < 4.78 is 11.0. The maximum atomic E-state index is 6.13. The van der Waals surface area contributed by atoms with Gasteiger partial charge in [-0.15, -0.1) is 0 Å². The molecule has 0 bridgehead atoms. The zero-order chi connectivity index (χ0) is 23.4. The lowest BCUT2D eigenvalue weighted by molar-refractivity contribution is 0.188. The van der Waals surface area contributed by atoms with E-state index in [1.54, 1.807) is 7.11 Å². The first-order chi connectivity index (χ1) is 16.0. The van der Waals surface area contributed by atoms with Crippen LogP contribution in [0.1, 0.15) is 43.3 Å². The molecule has 8 heteroatoms. The first-order valence-corrected chi connectivity index (χ1v) is 11.8. The second kappa shape index (κ2) is 10.5. The lowest BCUT2D eigenvalue weighted by Crippen LogP contribution is -2.46. The number of allylic oxidation sites excluding steroid dienone is 1. The Morgan fingerprint density at radius 2 is 1.88 bits per heavy atom. The number of hydrogen-bond donors (Lipinski definition) is 1. The predicted molar refractivity (Wildman–Crippen MR) is 135 cm³/mol. The third-order valence-electron chi connectivity index (χ3n) is 5.81. The lowest BCUT2D eigenvalue weighted by Gasteiger charge is -2.37. The summed E-state index contributed by atoms with van der Waals surface area (Å²) in [5.74, 6) is 1.02. The largest absolute Gasteiger partial charge is 0.385 e. The average molecular weight is 483 g/mol. The molecule has 2 aromatic carbocycles. The van der Waals surface area contributed by atoms with Crippen LogP contribution in [0.25, 0.3) is 17.0 Å². The number of halogens is 1. The van der Waals surface area contributed by atoms with Crippen molar-refractivity contribution < 1.29 is 9.26 Å². The second-order valence-electron chi connectivity index (χ2n) is 7.90. The average Bonchev–Trinajstić information content (AvgIpc) is 3.31. The summed E-state index contributed by atoms with van der Waals surface area (Å²) in [6.07, 6.45) is 1.82. The molecule has 1 aromatic heterocycles. The number of aryl methyl sites for hydroxylation is 1. The SMILES string of the molecule is CCc1ccc(-c2noc(C3=C(C)N(CCCOC)C(=S)NC3c3ccc(Cl)cc3)n2)cc1. The Bertz CT molecular complexity index is 1140. The summed E-state index contributed by atoms with van der Waals surface area (Å²) >= 11 is 11.8. The van der Waals surface area contributed by atoms with Crippen LogP contribution in [0.4, 0.5) is 0 Å². The summed E-state index contributed by atoms with van der Waals surface area (Å²) in [5, 5.41) is 9.06. The molecule has 1 aliphatic heterocycles. The smallest absolute Gasteiger partial charge is 0.258 e. The maximum absolute atomic E-state index is 6.13. The minimum absolute atomic E-state index is 0.232. The molecule has 1 N–H and O–H groups in total. The summed E-state index contributed by atoms with van der Waals surface area (Å²) in [7, 11) is 1.70. The molecule has 172 valence electrons. The molecule has 0 fully saturated rings. The van der Waals surface area contributed by atoms with E-state index in [9.17, 15) is 0 Å². The summed E-state index contributed by atoms with van der Waals surface area (Å²) in [6.45, 7) is 5.55. The zero-order valence-electron chi connectivity index (χ0n) is 19.0. The number of ether oxygens (including phenoxy) is 1. The monoisotopic (exact) mass is 482 g/mol. The van der Waals surface area contributed by atoms with Gasteiger partial charge in [-0.1, -0.05) is 60.1 Å². The van der Waals surface area contributed by atoms with E-state index in [-0.39, 0.29) is 6.04 Å². The fourth-order valence-corrected chi connectivity index (χ4v) is 4.41. The summed E-state index contributed by atoms with van der Waals surface area (Å²) in [4.78, 5) is 6.83.